The van der Waals surface area contributed by atoms with Gasteiger partial charge in [0.2, 0.25) is 0 Å². The molecule has 1 heterocycles. The summed E-state index contributed by atoms with van der Waals surface area (Å²) < 4.78 is 43.7. The van der Waals surface area contributed by atoms with Gasteiger partial charge in [-0.25, -0.2) is 4.98 Å². The van der Waals surface area contributed by atoms with Crippen LogP contribution in [-0.4, -0.2) is 30.5 Å². The molecule has 1 aromatic rings. The lowest BCUT2D eigenvalue weighted by Gasteiger charge is -2.15. The minimum absolute atomic E-state index is 0.0956. The van der Waals surface area contributed by atoms with Crippen LogP contribution in [-0.2, 0) is 17.6 Å². The van der Waals surface area contributed by atoms with E-state index in [2.05, 4.69) is 24.6 Å². The van der Waals surface area contributed by atoms with Crippen LogP contribution in [0.2, 0.25) is 25.7 Å². The molecule has 8 heteroatoms. The molecule has 0 N–H and O–H groups in total. The van der Waals surface area contributed by atoms with Crippen molar-refractivity contribution in [3.05, 3.63) is 17.7 Å². The lowest BCUT2D eigenvalue weighted by atomic mass is 10.5. The van der Waals surface area contributed by atoms with E-state index < -0.39 is 19.9 Å². The topological polar surface area (TPSA) is 44.1 Å². The van der Waals surface area contributed by atoms with Gasteiger partial charge in [0.1, 0.15) is 6.73 Å². The Kier molecular flexibility index (Phi) is 4.91. The monoisotopic (exact) mass is 294 g/mol. The number of carbonyl (C=O) groups excluding carboxylic acids is 1. The van der Waals surface area contributed by atoms with E-state index in [9.17, 15) is 18.0 Å². The minimum Gasteiger partial charge on any atom is -0.361 e. The van der Waals surface area contributed by atoms with Crippen molar-refractivity contribution in [1.82, 2.24) is 9.55 Å². The van der Waals surface area contributed by atoms with Crippen LogP contribution in [0.5, 0.6) is 0 Å². The first kappa shape index (κ1) is 15.9. The summed E-state index contributed by atoms with van der Waals surface area (Å²) in [7, 11) is -1.24. The zero-order chi connectivity index (χ0) is 14.7. The number of alkyl halides is 3. The maximum absolute atomic E-state index is 12.4. The van der Waals surface area contributed by atoms with Gasteiger partial charge in [-0.3, -0.25) is 4.79 Å². The van der Waals surface area contributed by atoms with Gasteiger partial charge in [0.15, 0.2) is 17.8 Å². The maximum atomic E-state index is 12.4. The van der Waals surface area contributed by atoms with E-state index >= 15 is 0 Å². The van der Waals surface area contributed by atoms with Crippen LogP contribution in [0.15, 0.2) is 6.20 Å². The van der Waals surface area contributed by atoms with Crippen LogP contribution in [0.25, 0.3) is 0 Å². The average Bonchev–Trinajstić information content (AvgIpc) is 2.66. The fourth-order valence-corrected chi connectivity index (χ4v) is 2.06. The van der Waals surface area contributed by atoms with Gasteiger partial charge >= 0.3 is 6.18 Å². The first-order valence-corrected chi connectivity index (χ1v) is 9.51. The van der Waals surface area contributed by atoms with Gasteiger partial charge in [-0.15, -0.1) is 0 Å². The second kappa shape index (κ2) is 5.87. The van der Waals surface area contributed by atoms with Gasteiger partial charge in [0, 0.05) is 20.9 Å². The van der Waals surface area contributed by atoms with Crippen molar-refractivity contribution in [1.29, 1.82) is 0 Å². The Balaban J connectivity index is 2.63. The van der Waals surface area contributed by atoms with Crippen LogP contribution in [0.4, 0.5) is 13.2 Å². The van der Waals surface area contributed by atoms with Crippen LogP contribution in [0, 0.1) is 0 Å². The lowest BCUT2D eigenvalue weighted by Crippen LogP contribution is -2.22. The number of aldehydes is 1. The van der Waals surface area contributed by atoms with E-state index in [0.29, 0.717) is 6.61 Å². The summed E-state index contributed by atoms with van der Waals surface area (Å²) in [6.07, 6.45) is -3.48. The van der Waals surface area contributed by atoms with Gasteiger partial charge in [-0.05, 0) is 6.04 Å². The highest BCUT2D eigenvalue weighted by Crippen LogP contribution is 2.28. The van der Waals surface area contributed by atoms with Gasteiger partial charge in [-0.1, -0.05) is 19.6 Å². The molecule has 0 radical (unpaired) electrons. The number of aromatic nitrogens is 2. The predicted octanol–water partition coefficient (Wildman–Crippen LogP) is 3.03. The van der Waals surface area contributed by atoms with E-state index in [0.717, 1.165) is 16.8 Å². The summed E-state index contributed by atoms with van der Waals surface area (Å²) in [5, 5.41) is 0. The van der Waals surface area contributed by atoms with Crippen molar-refractivity contribution in [3.8, 4) is 0 Å². The Labute approximate surface area is 110 Å². The van der Waals surface area contributed by atoms with Crippen molar-refractivity contribution in [2.75, 3.05) is 6.61 Å². The van der Waals surface area contributed by atoms with Crippen molar-refractivity contribution < 1.29 is 22.7 Å². The standard InChI is InChI=1S/C11H17F3N2O2Si/c1-19(2,3)5-4-18-8-16-6-9(11(12,13)14)15-10(16)7-17/h6-7H,4-5,8H2,1-3H3. The molecule has 1 aromatic heterocycles. The molecule has 0 unspecified atom stereocenters. The SMILES string of the molecule is C[Si](C)(C)CCOCn1cc(C(F)(F)F)nc1C=O. The normalized spacial score (nSPS) is 12.7. The van der Waals surface area contributed by atoms with E-state index in [-0.39, 0.29) is 18.8 Å². The van der Waals surface area contributed by atoms with E-state index in [4.69, 9.17) is 4.74 Å². The maximum Gasteiger partial charge on any atom is 0.434 e. The number of rotatable bonds is 6. The molecule has 0 atom stereocenters. The van der Waals surface area contributed by atoms with Crippen molar-refractivity contribution in [2.24, 2.45) is 0 Å². The number of nitrogens with zero attached hydrogens (tertiary/aromatic N) is 2. The highest BCUT2D eigenvalue weighted by molar-refractivity contribution is 6.76. The third-order valence-corrected chi connectivity index (χ3v) is 4.13. The number of halogens is 3. The minimum atomic E-state index is -4.55. The molecule has 0 aliphatic rings. The molecule has 108 valence electrons. The van der Waals surface area contributed by atoms with Gasteiger partial charge < -0.3 is 9.30 Å². The fourth-order valence-electron chi connectivity index (χ4n) is 1.31. The van der Waals surface area contributed by atoms with Crippen LogP contribution < -0.4 is 0 Å². The molecule has 0 saturated carbocycles. The highest BCUT2D eigenvalue weighted by Gasteiger charge is 2.34. The Bertz CT molecular complexity index is 438. The predicted molar refractivity (Wildman–Crippen MR) is 66.7 cm³/mol. The fraction of sp³-hybridized carbons (Fsp3) is 0.636. The van der Waals surface area contributed by atoms with E-state index in [1.54, 1.807) is 0 Å². The molecule has 0 bridgehead atoms. The molecule has 19 heavy (non-hydrogen) atoms. The summed E-state index contributed by atoms with van der Waals surface area (Å²) in [5.41, 5.74) is -1.08. The van der Waals surface area contributed by atoms with Crippen LogP contribution >= 0.6 is 0 Å². The second-order valence-corrected chi connectivity index (χ2v) is 11.0. The van der Waals surface area contributed by atoms with Gasteiger partial charge in [0.05, 0.1) is 0 Å². The third-order valence-electron chi connectivity index (χ3n) is 2.43. The van der Waals surface area contributed by atoms with E-state index in [1.165, 1.54) is 0 Å². The van der Waals surface area contributed by atoms with Crippen molar-refractivity contribution in [3.63, 3.8) is 0 Å². The van der Waals surface area contributed by atoms with Crippen molar-refractivity contribution in [2.45, 2.75) is 38.6 Å². The molecule has 0 amide bonds. The number of hydrogen-bond acceptors (Lipinski definition) is 3. The molecule has 0 saturated heterocycles. The summed E-state index contributed by atoms with van der Waals surface area (Å²) in [4.78, 5) is 13.9. The first-order chi connectivity index (χ1) is 8.63. The number of imidazole rings is 1. The molecule has 0 aliphatic heterocycles. The molecule has 1 rings (SSSR count). The Morgan fingerprint density at radius 3 is 2.53 bits per heavy atom. The number of carbonyl (C=O) groups is 1. The zero-order valence-corrected chi connectivity index (χ0v) is 12.1. The highest BCUT2D eigenvalue weighted by atomic mass is 28.3. The zero-order valence-electron chi connectivity index (χ0n) is 11.1. The Morgan fingerprint density at radius 1 is 1.42 bits per heavy atom. The van der Waals surface area contributed by atoms with Gasteiger partial charge in [0.25, 0.3) is 0 Å². The molecule has 0 spiro atoms. The second-order valence-electron chi connectivity index (χ2n) is 5.42. The number of hydrogen-bond donors (Lipinski definition) is 0. The van der Waals surface area contributed by atoms with Crippen LogP contribution in [0.3, 0.4) is 0 Å². The summed E-state index contributed by atoms with van der Waals surface area (Å²) >= 11 is 0. The molecular weight excluding hydrogens is 277 g/mol. The summed E-state index contributed by atoms with van der Waals surface area (Å²) in [6.45, 7) is 6.89. The lowest BCUT2D eigenvalue weighted by molar-refractivity contribution is -0.141. The quantitative estimate of drug-likeness (QED) is 0.460. The summed E-state index contributed by atoms with van der Waals surface area (Å²) in [5.74, 6) is -0.277. The number of ether oxygens (including phenoxy) is 1. The molecule has 4 nitrogen and oxygen atoms in total. The Hall–Kier alpha value is -1.15. The molecule has 0 aromatic carbocycles. The molecular formula is C11H17F3N2O2Si. The Morgan fingerprint density at radius 2 is 2.05 bits per heavy atom. The summed E-state index contributed by atoms with van der Waals surface area (Å²) in [6, 6.07) is 0.907. The first-order valence-electron chi connectivity index (χ1n) is 5.81. The average molecular weight is 294 g/mol. The van der Waals surface area contributed by atoms with E-state index in [1.807, 2.05) is 0 Å². The third kappa shape index (κ3) is 5.15. The van der Waals surface area contributed by atoms with Crippen LogP contribution in [0.1, 0.15) is 16.3 Å². The van der Waals surface area contributed by atoms with Gasteiger partial charge in [-0.2, -0.15) is 13.2 Å². The molecule has 0 aliphatic carbocycles. The molecule has 0 fully saturated rings. The largest absolute Gasteiger partial charge is 0.434 e. The van der Waals surface area contributed by atoms with Crippen molar-refractivity contribution >= 4 is 14.4 Å². The smallest absolute Gasteiger partial charge is 0.361 e.